The fraction of sp³-hybridized carbons (Fsp3) is 0.200. The summed E-state index contributed by atoms with van der Waals surface area (Å²) in [4.78, 5) is 26.7. The fourth-order valence-electron chi connectivity index (χ4n) is 5.11. The van der Waals surface area contributed by atoms with Gasteiger partial charge in [-0.15, -0.1) is 39.1 Å². The number of carboxylic acids is 1. The van der Waals surface area contributed by atoms with E-state index in [0.717, 1.165) is 45.9 Å². The summed E-state index contributed by atoms with van der Waals surface area (Å²) in [5.41, 5.74) is 2.77. The molecule has 1 aliphatic carbocycles. The number of fused-ring (bicyclic) bond motifs is 2. The van der Waals surface area contributed by atoms with Gasteiger partial charge >= 0.3 is 12.1 Å². The minimum Gasteiger partial charge on any atom is -0.481 e. The Kier molecular flexibility index (Phi) is 6.18. The highest BCUT2D eigenvalue weighted by Gasteiger charge is 2.52. The number of hydrogen-bond acceptors (Lipinski definition) is 8. The predicted octanol–water partition coefficient (Wildman–Crippen LogP) is 8.07. The van der Waals surface area contributed by atoms with Crippen LogP contribution >= 0.6 is 34.0 Å². The Morgan fingerprint density at radius 1 is 1.02 bits per heavy atom. The van der Waals surface area contributed by atoms with E-state index in [4.69, 9.17) is 4.74 Å². The van der Waals surface area contributed by atoms with Crippen LogP contribution in [0.15, 0.2) is 66.0 Å². The number of carbonyl (C=O) groups excluding carboxylic acids is 1. The van der Waals surface area contributed by atoms with Gasteiger partial charge in [0.25, 0.3) is 0 Å². The maximum absolute atomic E-state index is 12.7. The number of thiophene rings is 3. The molecule has 2 aromatic carbocycles. The molecule has 0 radical (unpaired) electrons. The standard InChI is InChI=1S/C30H24N4O4S3/c1-16(17-6-4-3-5-7-17)38-29(37)31-27-26(32-33-34(27)2)25-14-24-23(41-25)13-22(40-24)18-8-9-21-19(12-18)20(15-39-21)30(10-11-30)28(35)36/h3-9,12-16H,10-11H2,1-2H3,(H,31,37)(H,35,36). The lowest BCUT2D eigenvalue weighted by Gasteiger charge is -2.14. The van der Waals surface area contributed by atoms with Crippen LogP contribution < -0.4 is 5.32 Å². The molecule has 41 heavy (non-hydrogen) atoms. The van der Waals surface area contributed by atoms with Crippen LogP contribution in [0.2, 0.25) is 0 Å². The normalized spacial score (nSPS) is 14.8. The number of ether oxygens (including phenoxy) is 1. The van der Waals surface area contributed by atoms with Gasteiger partial charge in [-0.25, -0.2) is 9.48 Å². The van der Waals surface area contributed by atoms with Crippen molar-refractivity contribution in [3.05, 3.63) is 77.2 Å². The number of anilines is 1. The zero-order valence-electron chi connectivity index (χ0n) is 22.1. The van der Waals surface area contributed by atoms with E-state index < -0.39 is 23.6 Å². The van der Waals surface area contributed by atoms with Gasteiger partial charge < -0.3 is 9.84 Å². The van der Waals surface area contributed by atoms with E-state index in [0.29, 0.717) is 24.4 Å². The first-order valence-electron chi connectivity index (χ1n) is 13.0. The third-order valence-corrected chi connectivity index (χ3v) is 10.9. The Morgan fingerprint density at radius 2 is 1.76 bits per heavy atom. The maximum Gasteiger partial charge on any atom is 0.413 e. The van der Waals surface area contributed by atoms with Crippen LogP contribution in [-0.4, -0.2) is 32.2 Å². The van der Waals surface area contributed by atoms with Crippen molar-refractivity contribution < 1.29 is 19.4 Å². The van der Waals surface area contributed by atoms with E-state index in [1.807, 2.05) is 42.6 Å². The van der Waals surface area contributed by atoms with Gasteiger partial charge in [0.2, 0.25) is 0 Å². The van der Waals surface area contributed by atoms with Crippen molar-refractivity contribution in [2.24, 2.45) is 7.05 Å². The van der Waals surface area contributed by atoms with Crippen molar-refractivity contribution in [2.45, 2.75) is 31.3 Å². The Bertz CT molecular complexity index is 1920. The molecule has 6 aromatic rings. The van der Waals surface area contributed by atoms with Gasteiger partial charge in [-0.2, -0.15) is 0 Å². The number of benzene rings is 2. The molecule has 0 spiro atoms. The highest BCUT2D eigenvalue weighted by molar-refractivity contribution is 7.31. The Morgan fingerprint density at radius 3 is 2.49 bits per heavy atom. The number of rotatable bonds is 7. The third-order valence-electron chi connectivity index (χ3n) is 7.57. The van der Waals surface area contributed by atoms with Gasteiger partial charge in [0, 0.05) is 26.0 Å². The molecule has 8 nitrogen and oxygen atoms in total. The summed E-state index contributed by atoms with van der Waals surface area (Å²) in [5, 5.41) is 24.2. The molecule has 1 aliphatic rings. The van der Waals surface area contributed by atoms with Gasteiger partial charge in [-0.1, -0.05) is 41.6 Å². The first-order chi connectivity index (χ1) is 19.8. The summed E-state index contributed by atoms with van der Waals surface area (Å²) < 4.78 is 10.4. The van der Waals surface area contributed by atoms with Gasteiger partial charge in [-0.05, 0) is 71.5 Å². The van der Waals surface area contributed by atoms with Crippen LogP contribution in [-0.2, 0) is 22.0 Å². The van der Waals surface area contributed by atoms with E-state index >= 15 is 0 Å². The van der Waals surface area contributed by atoms with Gasteiger partial charge in [0.15, 0.2) is 5.82 Å². The SMILES string of the molecule is CC(OC(=O)Nc1c(-c2cc3sc(-c4ccc5scc(C6(C(=O)O)CC6)c5c4)cc3s2)nnn1C)c1ccccc1. The fourth-order valence-corrected chi connectivity index (χ4v) is 8.53. The number of hydrogen-bond donors (Lipinski definition) is 2. The van der Waals surface area contributed by atoms with Crippen LogP contribution in [0, 0.1) is 0 Å². The lowest BCUT2D eigenvalue weighted by molar-refractivity contribution is -0.139. The molecule has 2 N–H and O–H groups in total. The third kappa shape index (κ3) is 4.50. The average Bonchev–Trinajstić information content (AvgIpc) is 3.21. The Balaban J connectivity index is 1.14. The summed E-state index contributed by atoms with van der Waals surface area (Å²) in [6.45, 7) is 1.83. The molecule has 0 aliphatic heterocycles. The lowest BCUT2D eigenvalue weighted by atomic mass is 9.95. The van der Waals surface area contributed by atoms with Crippen molar-refractivity contribution in [3.63, 3.8) is 0 Å². The molecule has 4 heterocycles. The summed E-state index contributed by atoms with van der Waals surface area (Å²) in [6, 6.07) is 20.1. The number of aromatic nitrogens is 3. The number of aryl methyl sites for hydroxylation is 1. The number of nitrogens with one attached hydrogen (secondary N) is 1. The minimum absolute atomic E-state index is 0.408. The number of carbonyl (C=O) groups is 2. The van der Waals surface area contributed by atoms with Crippen molar-refractivity contribution in [2.75, 3.05) is 5.32 Å². The number of aliphatic carboxylic acids is 1. The quantitative estimate of drug-likeness (QED) is 0.192. The first kappa shape index (κ1) is 25.9. The van der Waals surface area contributed by atoms with Crippen molar-refractivity contribution in [1.29, 1.82) is 0 Å². The maximum atomic E-state index is 12.7. The van der Waals surface area contributed by atoms with Crippen LogP contribution in [0.5, 0.6) is 0 Å². The molecule has 4 aromatic heterocycles. The number of amides is 1. The summed E-state index contributed by atoms with van der Waals surface area (Å²) in [5.74, 6) is -0.268. The van der Waals surface area contributed by atoms with Crippen LogP contribution in [0.3, 0.4) is 0 Å². The highest BCUT2D eigenvalue weighted by Crippen LogP contribution is 2.52. The molecular weight excluding hydrogens is 577 g/mol. The second kappa shape index (κ2) is 9.79. The summed E-state index contributed by atoms with van der Waals surface area (Å²) in [7, 11) is 1.73. The van der Waals surface area contributed by atoms with E-state index in [-0.39, 0.29) is 0 Å². The van der Waals surface area contributed by atoms with Crippen LogP contribution in [0.1, 0.15) is 37.0 Å². The minimum atomic E-state index is -0.733. The second-order valence-electron chi connectivity index (χ2n) is 10.2. The van der Waals surface area contributed by atoms with Crippen molar-refractivity contribution >= 4 is 71.4 Å². The second-order valence-corrected chi connectivity index (χ2v) is 13.3. The molecule has 11 heteroatoms. The molecule has 206 valence electrons. The van der Waals surface area contributed by atoms with Crippen molar-refractivity contribution in [1.82, 2.24) is 15.0 Å². The summed E-state index contributed by atoms with van der Waals surface area (Å²) >= 11 is 4.87. The molecule has 7 rings (SSSR count). The summed E-state index contributed by atoms with van der Waals surface area (Å²) in [6.07, 6.45) is 0.403. The zero-order valence-corrected chi connectivity index (χ0v) is 24.5. The van der Waals surface area contributed by atoms with Crippen LogP contribution in [0.25, 0.3) is 40.5 Å². The smallest absolute Gasteiger partial charge is 0.413 e. The topological polar surface area (TPSA) is 106 Å². The molecular formula is C30H24N4O4S3. The average molecular weight is 601 g/mol. The number of nitrogens with zero attached hydrogens (tertiary/aromatic N) is 3. The van der Waals surface area contributed by atoms with Gasteiger partial charge in [0.1, 0.15) is 11.8 Å². The molecule has 1 unspecified atom stereocenters. The first-order valence-corrected chi connectivity index (χ1v) is 15.6. The highest BCUT2D eigenvalue weighted by atomic mass is 32.1. The molecule has 0 saturated heterocycles. The Hall–Kier alpha value is -4.06. The van der Waals surface area contributed by atoms with E-state index in [1.165, 1.54) is 4.68 Å². The predicted molar refractivity (Wildman–Crippen MR) is 164 cm³/mol. The zero-order chi connectivity index (χ0) is 28.3. The molecule has 0 bridgehead atoms. The molecule has 1 atom stereocenters. The largest absolute Gasteiger partial charge is 0.481 e. The van der Waals surface area contributed by atoms with Gasteiger partial charge in [0.05, 0.1) is 10.3 Å². The van der Waals surface area contributed by atoms with E-state index in [2.05, 4.69) is 46.0 Å². The van der Waals surface area contributed by atoms with Crippen molar-refractivity contribution in [3.8, 4) is 21.0 Å². The molecule has 1 amide bonds. The molecule has 1 fully saturated rings. The Labute approximate surface area is 246 Å². The van der Waals surface area contributed by atoms with Gasteiger partial charge in [-0.3, -0.25) is 10.1 Å². The van der Waals surface area contributed by atoms with E-state index in [1.54, 1.807) is 41.1 Å². The van der Waals surface area contributed by atoms with E-state index in [9.17, 15) is 14.7 Å². The number of carboxylic acid groups (broad SMARTS) is 1. The lowest BCUT2D eigenvalue weighted by Crippen LogP contribution is -2.18. The monoisotopic (exact) mass is 600 g/mol. The molecule has 1 saturated carbocycles. The van der Waals surface area contributed by atoms with Crippen LogP contribution in [0.4, 0.5) is 10.6 Å².